The fraction of sp³-hybridized carbons (Fsp3) is 0.235. The van der Waals surface area contributed by atoms with Crippen molar-refractivity contribution in [3.63, 3.8) is 0 Å². The maximum absolute atomic E-state index is 12.6. The van der Waals surface area contributed by atoms with Crippen LogP contribution in [0.5, 0.6) is 0 Å². The Balaban J connectivity index is 1.73. The summed E-state index contributed by atoms with van der Waals surface area (Å²) in [6.45, 7) is 2.49. The smallest absolute Gasteiger partial charge is 0.290 e. The number of hydrogen-bond donors (Lipinski definition) is 1. The number of carbonyl (C=O) groups is 2. The molecule has 0 atom stereocenters. The number of carbonyl (C=O) groups excluding carboxylic acids is 2. The molecule has 7 heteroatoms. The number of amidine groups is 1. The molecule has 0 fully saturated rings. The SMILES string of the molecule is Cc1ccsc1CN(C)C(=O)C1=NCC(=O)N(c2ccccc2)N1. The Labute approximate surface area is 144 Å². The Morgan fingerprint density at radius 2 is 2.08 bits per heavy atom. The van der Waals surface area contributed by atoms with Crippen LogP contribution in [0, 0.1) is 6.92 Å². The van der Waals surface area contributed by atoms with E-state index in [0.717, 1.165) is 4.88 Å². The summed E-state index contributed by atoms with van der Waals surface area (Å²) in [5.41, 5.74) is 4.69. The zero-order valence-electron chi connectivity index (χ0n) is 13.5. The number of hydrogen-bond acceptors (Lipinski definition) is 5. The largest absolute Gasteiger partial charge is 0.334 e. The highest BCUT2D eigenvalue weighted by atomic mass is 32.1. The number of para-hydroxylation sites is 1. The molecule has 2 heterocycles. The summed E-state index contributed by atoms with van der Waals surface area (Å²) in [5.74, 6) is -0.263. The number of aliphatic imine (C=N–C) groups is 1. The van der Waals surface area contributed by atoms with Gasteiger partial charge in [-0.1, -0.05) is 18.2 Å². The highest BCUT2D eigenvalue weighted by Crippen LogP contribution is 2.18. The minimum Gasteiger partial charge on any atom is -0.334 e. The molecule has 2 aromatic rings. The van der Waals surface area contributed by atoms with Gasteiger partial charge in [0, 0.05) is 11.9 Å². The van der Waals surface area contributed by atoms with E-state index in [2.05, 4.69) is 10.4 Å². The quantitative estimate of drug-likeness (QED) is 0.924. The van der Waals surface area contributed by atoms with E-state index < -0.39 is 0 Å². The van der Waals surface area contributed by atoms with Gasteiger partial charge in [0.2, 0.25) is 5.84 Å². The van der Waals surface area contributed by atoms with E-state index in [0.29, 0.717) is 12.2 Å². The Kier molecular flexibility index (Phi) is 4.61. The van der Waals surface area contributed by atoms with E-state index in [-0.39, 0.29) is 24.2 Å². The van der Waals surface area contributed by atoms with Gasteiger partial charge in [-0.25, -0.2) is 5.01 Å². The number of nitrogens with one attached hydrogen (secondary N) is 1. The van der Waals surface area contributed by atoms with Gasteiger partial charge in [0.05, 0.1) is 12.2 Å². The average molecular weight is 342 g/mol. The van der Waals surface area contributed by atoms with Crippen molar-refractivity contribution in [1.82, 2.24) is 10.3 Å². The maximum Gasteiger partial charge on any atom is 0.290 e. The molecule has 1 N–H and O–H groups in total. The lowest BCUT2D eigenvalue weighted by molar-refractivity contribution is -0.123. The summed E-state index contributed by atoms with van der Waals surface area (Å²) in [6, 6.07) is 11.2. The second kappa shape index (κ2) is 6.84. The highest BCUT2D eigenvalue weighted by molar-refractivity contribution is 7.10. The van der Waals surface area contributed by atoms with Gasteiger partial charge in [0.1, 0.15) is 6.54 Å². The molecule has 0 aliphatic carbocycles. The number of anilines is 1. The van der Waals surface area contributed by atoms with Gasteiger partial charge in [0.25, 0.3) is 11.8 Å². The van der Waals surface area contributed by atoms with Crippen LogP contribution in [0.4, 0.5) is 5.69 Å². The number of thiophene rings is 1. The summed E-state index contributed by atoms with van der Waals surface area (Å²) in [4.78, 5) is 31.5. The lowest BCUT2D eigenvalue weighted by Crippen LogP contribution is -2.55. The monoisotopic (exact) mass is 342 g/mol. The van der Waals surface area contributed by atoms with E-state index in [1.165, 1.54) is 10.6 Å². The van der Waals surface area contributed by atoms with E-state index in [9.17, 15) is 9.59 Å². The molecular formula is C17H18N4O2S. The van der Waals surface area contributed by atoms with Crippen molar-refractivity contribution in [2.75, 3.05) is 18.6 Å². The van der Waals surface area contributed by atoms with Crippen molar-refractivity contribution < 1.29 is 9.59 Å². The van der Waals surface area contributed by atoms with Gasteiger partial charge in [-0.05, 0) is 36.1 Å². The zero-order valence-corrected chi connectivity index (χ0v) is 14.3. The molecule has 0 bridgehead atoms. The lowest BCUT2D eigenvalue weighted by Gasteiger charge is -2.29. The first-order valence-corrected chi connectivity index (χ1v) is 8.42. The van der Waals surface area contributed by atoms with Crippen molar-refractivity contribution >= 4 is 34.7 Å². The Morgan fingerprint density at radius 3 is 2.75 bits per heavy atom. The molecule has 24 heavy (non-hydrogen) atoms. The summed E-state index contributed by atoms with van der Waals surface area (Å²) in [7, 11) is 1.73. The van der Waals surface area contributed by atoms with E-state index in [4.69, 9.17) is 0 Å². The minimum atomic E-state index is -0.240. The van der Waals surface area contributed by atoms with Crippen LogP contribution in [0.1, 0.15) is 10.4 Å². The fourth-order valence-electron chi connectivity index (χ4n) is 2.36. The van der Waals surface area contributed by atoms with Crippen LogP contribution in [-0.2, 0) is 16.1 Å². The van der Waals surface area contributed by atoms with Crippen LogP contribution in [-0.4, -0.2) is 36.1 Å². The normalized spacial score (nSPS) is 14.2. The number of amides is 2. The van der Waals surface area contributed by atoms with Crippen molar-refractivity contribution in [3.05, 3.63) is 52.2 Å². The van der Waals surface area contributed by atoms with Crippen molar-refractivity contribution in [2.24, 2.45) is 4.99 Å². The van der Waals surface area contributed by atoms with E-state index >= 15 is 0 Å². The molecule has 1 aromatic heterocycles. The molecule has 0 saturated heterocycles. The van der Waals surface area contributed by atoms with Gasteiger partial charge in [-0.15, -0.1) is 11.3 Å². The fourth-order valence-corrected chi connectivity index (χ4v) is 3.31. The van der Waals surface area contributed by atoms with Gasteiger partial charge in [-0.3, -0.25) is 20.0 Å². The molecular weight excluding hydrogens is 324 g/mol. The second-order valence-corrected chi connectivity index (χ2v) is 6.53. The van der Waals surface area contributed by atoms with Crippen LogP contribution in [0.3, 0.4) is 0 Å². The number of nitrogens with zero attached hydrogens (tertiary/aromatic N) is 3. The molecule has 1 aliphatic heterocycles. The van der Waals surface area contributed by atoms with Gasteiger partial charge in [-0.2, -0.15) is 0 Å². The summed E-state index contributed by atoms with van der Waals surface area (Å²) in [5, 5.41) is 3.37. The number of rotatable bonds is 4. The molecule has 1 aliphatic rings. The number of aryl methyl sites for hydroxylation is 1. The van der Waals surface area contributed by atoms with Crippen molar-refractivity contribution in [3.8, 4) is 0 Å². The predicted molar refractivity (Wildman–Crippen MR) is 94.9 cm³/mol. The molecule has 6 nitrogen and oxygen atoms in total. The lowest BCUT2D eigenvalue weighted by atomic mass is 10.2. The third-order valence-corrected chi connectivity index (χ3v) is 4.76. The van der Waals surface area contributed by atoms with E-state index in [1.807, 2.05) is 36.6 Å². The van der Waals surface area contributed by atoms with Crippen LogP contribution >= 0.6 is 11.3 Å². The Morgan fingerprint density at radius 1 is 1.33 bits per heavy atom. The van der Waals surface area contributed by atoms with Crippen LogP contribution in [0.2, 0.25) is 0 Å². The zero-order chi connectivity index (χ0) is 17.1. The molecule has 124 valence electrons. The molecule has 3 rings (SSSR count). The molecule has 1 aromatic carbocycles. The minimum absolute atomic E-state index is 0.0468. The first-order valence-electron chi connectivity index (χ1n) is 7.54. The molecule has 0 unspecified atom stereocenters. The molecule has 0 radical (unpaired) electrons. The first kappa shape index (κ1) is 16.2. The Bertz CT molecular complexity index is 785. The highest BCUT2D eigenvalue weighted by Gasteiger charge is 2.27. The van der Waals surface area contributed by atoms with Crippen LogP contribution in [0.25, 0.3) is 0 Å². The summed E-state index contributed by atoms with van der Waals surface area (Å²) >= 11 is 1.62. The summed E-state index contributed by atoms with van der Waals surface area (Å²) in [6.07, 6.45) is 0. The molecule has 0 saturated carbocycles. The van der Waals surface area contributed by atoms with Crippen molar-refractivity contribution in [2.45, 2.75) is 13.5 Å². The second-order valence-electron chi connectivity index (χ2n) is 5.53. The standard InChI is InChI=1S/C17H18N4O2S/c1-12-8-9-24-14(12)11-20(2)17(23)16-18-10-15(22)21(19-16)13-6-4-3-5-7-13/h3-9H,10-11H2,1-2H3,(H,18,19). The molecule has 2 amide bonds. The topological polar surface area (TPSA) is 65.0 Å². The van der Waals surface area contributed by atoms with Gasteiger partial charge in [0.15, 0.2) is 0 Å². The number of hydrazine groups is 1. The third kappa shape index (κ3) is 3.30. The van der Waals surface area contributed by atoms with Crippen LogP contribution in [0.15, 0.2) is 46.8 Å². The summed E-state index contributed by atoms with van der Waals surface area (Å²) < 4.78 is 0. The van der Waals surface area contributed by atoms with Gasteiger partial charge < -0.3 is 4.90 Å². The Hall–Kier alpha value is -2.67. The number of benzene rings is 1. The van der Waals surface area contributed by atoms with Crippen molar-refractivity contribution in [1.29, 1.82) is 0 Å². The van der Waals surface area contributed by atoms with Gasteiger partial charge >= 0.3 is 0 Å². The number of likely N-dealkylation sites (N-methyl/N-ethyl adjacent to an activating group) is 1. The predicted octanol–water partition coefficient (Wildman–Crippen LogP) is 1.96. The van der Waals surface area contributed by atoms with Crippen LogP contribution < -0.4 is 10.4 Å². The maximum atomic E-state index is 12.6. The average Bonchev–Trinajstić information content (AvgIpc) is 3.00. The first-order chi connectivity index (χ1) is 11.6. The molecule has 0 spiro atoms. The third-order valence-electron chi connectivity index (χ3n) is 3.75. The van der Waals surface area contributed by atoms with E-state index in [1.54, 1.807) is 35.4 Å².